The van der Waals surface area contributed by atoms with E-state index in [9.17, 15) is 4.79 Å². The number of aromatic nitrogens is 2. The summed E-state index contributed by atoms with van der Waals surface area (Å²) in [7, 11) is 0. The number of carbonyl (C=O) groups is 1. The first-order valence-corrected chi connectivity index (χ1v) is 11.2. The molecule has 1 aliphatic heterocycles. The molecule has 0 unspecified atom stereocenters. The Morgan fingerprint density at radius 1 is 1.32 bits per heavy atom. The summed E-state index contributed by atoms with van der Waals surface area (Å²) in [5.74, 6) is 1.88. The second kappa shape index (κ2) is 9.32. The number of thiazole rings is 1. The van der Waals surface area contributed by atoms with Crippen LogP contribution in [-0.4, -0.2) is 39.2 Å². The molecule has 1 amide bonds. The lowest BCUT2D eigenvalue weighted by atomic mass is 9.94. The van der Waals surface area contributed by atoms with Gasteiger partial charge in [0.05, 0.1) is 17.3 Å². The van der Waals surface area contributed by atoms with Crippen LogP contribution in [-0.2, 0) is 0 Å². The minimum Gasteiger partial charge on any atom is -0.465 e. The molecule has 1 fully saturated rings. The summed E-state index contributed by atoms with van der Waals surface area (Å²) >= 11 is 4.89. The second-order valence-electron chi connectivity index (χ2n) is 6.98. The van der Waals surface area contributed by atoms with Crippen LogP contribution in [0.4, 0.5) is 15.7 Å². The van der Waals surface area contributed by atoms with Crippen LogP contribution in [0.2, 0.25) is 0 Å². The van der Waals surface area contributed by atoms with Crippen molar-refractivity contribution in [3.8, 4) is 17.6 Å². The van der Waals surface area contributed by atoms with Crippen molar-refractivity contribution in [2.45, 2.75) is 18.8 Å². The van der Waals surface area contributed by atoms with Gasteiger partial charge in [0.2, 0.25) is 0 Å². The quantitative estimate of drug-likeness (QED) is 0.472. The lowest BCUT2D eigenvalue weighted by Crippen LogP contribution is -2.36. The largest absolute Gasteiger partial charge is 0.465 e. The van der Waals surface area contributed by atoms with Crippen molar-refractivity contribution in [1.82, 2.24) is 14.9 Å². The van der Waals surface area contributed by atoms with E-state index in [-0.39, 0.29) is 5.92 Å². The van der Waals surface area contributed by atoms with Crippen molar-refractivity contribution < 1.29 is 14.6 Å². The maximum absolute atomic E-state index is 11.1. The highest BCUT2D eigenvalue weighted by atomic mass is 79.9. The molecule has 10 heteroatoms. The molecule has 0 saturated carbocycles. The summed E-state index contributed by atoms with van der Waals surface area (Å²) in [6, 6.07) is 10.7. The number of likely N-dealkylation sites (tertiary alicyclic amines) is 1. The van der Waals surface area contributed by atoms with Gasteiger partial charge in [0.25, 0.3) is 0 Å². The Bertz CT molecular complexity index is 1120. The van der Waals surface area contributed by atoms with E-state index in [0.717, 1.165) is 23.0 Å². The predicted octanol–water partition coefficient (Wildman–Crippen LogP) is 5.57. The minimum atomic E-state index is -0.866. The molecule has 3 aromatic rings. The van der Waals surface area contributed by atoms with E-state index in [2.05, 4.69) is 32.3 Å². The summed E-state index contributed by atoms with van der Waals surface area (Å²) in [5, 5.41) is 24.0. The first kappa shape index (κ1) is 21.1. The molecule has 8 nitrogen and oxygen atoms in total. The zero-order chi connectivity index (χ0) is 21.8. The summed E-state index contributed by atoms with van der Waals surface area (Å²) in [4.78, 5) is 21.6. The van der Waals surface area contributed by atoms with Crippen LogP contribution in [0.25, 0.3) is 0 Å². The minimum absolute atomic E-state index is 0.245. The number of rotatable bonds is 5. The zero-order valence-corrected chi connectivity index (χ0v) is 18.7. The molecule has 1 aliphatic rings. The second-order valence-corrected chi connectivity index (χ2v) is 8.76. The predicted molar refractivity (Wildman–Crippen MR) is 120 cm³/mol. The summed E-state index contributed by atoms with van der Waals surface area (Å²) in [6.45, 7) is 1.05. The highest BCUT2D eigenvalue weighted by molar-refractivity contribution is 9.10. The van der Waals surface area contributed by atoms with Crippen molar-refractivity contribution >= 4 is 44.3 Å². The number of hydrogen-bond acceptors (Lipinski definition) is 7. The molecule has 0 aliphatic carbocycles. The van der Waals surface area contributed by atoms with E-state index in [0.29, 0.717) is 41.1 Å². The number of halogens is 1. The highest BCUT2D eigenvalue weighted by Crippen LogP contribution is 2.35. The molecule has 158 valence electrons. The smallest absolute Gasteiger partial charge is 0.407 e. The average Bonchev–Trinajstić information content (AvgIpc) is 3.25. The summed E-state index contributed by atoms with van der Waals surface area (Å²) < 4.78 is 6.74. The molecule has 1 aromatic carbocycles. The molecule has 0 bridgehead atoms. The SMILES string of the molecule is N#Cc1ccc(Oc2cc(Br)cnc2Nc2nc(C3CCN(C(=O)O)CC3)cs2)cc1. The maximum Gasteiger partial charge on any atom is 0.407 e. The van der Waals surface area contributed by atoms with Crippen LogP contribution in [0, 0.1) is 11.3 Å². The van der Waals surface area contributed by atoms with Gasteiger partial charge in [-0.2, -0.15) is 5.26 Å². The van der Waals surface area contributed by atoms with E-state index in [4.69, 9.17) is 20.1 Å². The van der Waals surface area contributed by atoms with Crippen LogP contribution < -0.4 is 10.1 Å². The van der Waals surface area contributed by atoms with Gasteiger partial charge in [-0.05, 0) is 53.0 Å². The van der Waals surface area contributed by atoms with E-state index in [1.807, 2.05) is 11.4 Å². The Morgan fingerprint density at radius 2 is 2.06 bits per heavy atom. The number of nitriles is 1. The molecule has 0 spiro atoms. The Morgan fingerprint density at radius 3 is 2.74 bits per heavy atom. The van der Waals surface area contributed by atoms with Crippen LogP contribution in [0.3, 0.4) is 0 Å². The Hall–Kier alpha value is -3.16. The topological polar surface area (TPSA) is 111 Å². The van der Waals surface area contributed by atoms with Gasteiger partial charge in [-0.1, -0.05) is 0 Å². The molecule has 3 heterocycles. The third-order valence-corrected chi connectivity index (χ3v) is 6.17. The fourth-order valence-electron chi connectivity index (χ4n) is 3.32. The van der Waals surface area contributed by atoms with Gasteiger partial charge in [0.1, 0.15) is 5.75 Å². The number of benzene rings is 1. The number of ether oxygens (including phenoxy) is 1. The number of piperidine rings is 1. The molecule has 2 N–H and O–H groups in total. The van der Waals surface area contributed by atoms with Crippen LogP contribution in [0.1, 0.15) is 30.0 Å². The van der Waals surface area contributed by atoms with Gasteiger partial charge in [-0.25, -0.2) is 14.8 Å². The van der Waals surface area contributed by atoms with Gasteiger partial charge in [-0.15, -0.1) is 11.3 Å². The molecule has 4 rings (SSSR count). The van der Waals surface area contributed by atoms with Crippen LogP contribution in [0.15, 0.2) is 46.4 Å². The first-order valence-electron chi connectivity index (χ1n) is 9.55. The molecule has 1 saturated heterocycles. The number of pyridine rings is 1. The number of carboxylic acid groups (broad SMARTS) is 1. The number of anilines is 2. The molecule has 0 radical (unpaired) electrons. The van der Waals surface area contributed by atoms with Gasteiger partial charge < -0.3 is 20.1 Å². The maximum atomic E-state index is 11.1. The Balaban J connectivity index is 1.47. The molecule has 0 atom stereocenters. The fourth-order valence-corrected chi connectivity index (χ4v) is 4.42. The van der Waals surface area contributed by atoms with E-state index in [1.54, 1.807) is 30.5 Å². The van der Waals surface area contributed by atoms with Gasteiger partial charge >= 0.3 is 6.09 Å². The van der Waals surface area contributed by atoms with Gasteiger partial charge in [-0.3, -0.25) is 0 Å². The highest BCUT2D eigenvalue weighted by Gasteiger charge is 2.25. The lowest BCUT2D eigenvalue weighted by Gasteiger charge is -2.28. The number of nitrogens with one attached hydrogen (secondary N) is 1. The number of nitrogens with zero attached hydrogens (tertiary/aromatic N) is 4. The van der Waals surface area contributed by atoms with Gasteiger partial charge in [0.15, 0.2) is 16.7 Å². The van der Waals surface area contributed by atoms with Crippen molar-refractivity contribution in [3.63, 3.8) is 0 Å². The normalized spacial score (nSPS) is 14.1. The monoisotopic (exact) mass is 499 g/mol. The lowest BCUT2D eigenvalue weighted by molar-refractivity contribution is 0.132. The number of hydrogen-bond donors (Lipinski definition) is 2. The average molecular weight is 500 g/mol. The van der Waals surface area contributed by atoms with E-state index in [1.165, 1.54) is 16.2 Å². The first-order chi connectivity index (χ1) is 15.0. The third-order valence-electron chi connectivity index (χ3n) is 4.96. The number of amides is 1. The van der Waals surface area contributed by atoms with Crippen molar-refractivity contribution in [2.75, 3.05) is 18.4 Å². The van der Waals surface area contributed by atoms with Crippen molar-refractivity contribution in [2.24, 2.45) is 0 Å². The van der Waals surface area contributed by atoms with E-state index >= 15 is 0 Å². The molecular formula is C21H18BrN5O3S. The molecular weight excluding hydrogens is 482 g/mol. The Kier molecular flexibility index (Phi) is 6.34. The van der Waals surface area contributed by atoms with Crippen molar-refractivity contribution in [1.29, 1.82) is 5.26 Å². The van der Waals surface area contributed by atoms with Crippen molar-refractivity contribution in [3.05, 3.63) is 57.6 Å². The fraction of sp³-hybridized carbons (Fsp3) is 0.238. The standard InChI is InChI=1S/C21H18BrN5O3S/c22-15-9-18(30-16-3-1-13(10-23)2-4-16)19(24-11-15)26-20-25-17(12-31-20)14-5-7-27(8-6-14)21(28)29/h1-4,9,11-12,14H,5-8H2,(H,28,29)(H,24,25,26). The molecule has 31 heavy (non-hydrogen) atoms. The van der Waals surface area contributed by atoms with Gasteiger partial charge in [0, 0.05) is 41.1 Å². The summed E-state index contributed by atoms with van der Waals surface area (Å²) in [6.07, 6.45) is 2.33. The zero-order valence-electron chi connectivity index (χ0n) is 16.3. The Labute approximate surface area is 191 Å². The molecule has 2 aromatic heterocycles. The van der Waals surface area contributed by atoms with Crippen LogP contribution in [0.5, 0.6) is 11.5 Å². The van der Waals surface area contributed by atoms with E-state index < -0.39 is 6.09 Å². The summed E-state index contributed by atoms with van der Waals surface area (Å²) in [5.41, 5.74) is 1.52. The third kappa shape index (κ3) is 5.13. The van der Waals surface area contributed by atoms with Crippen LogP contribution >= 0.6 is 27.3 Å².